The molecule has 1 amide bonds. The van der Waals surface area contributed by atoms with Crippen LogP contribution in [0.1, 0.15) is 29.8 Å². The topological polar surface area (TPSA) is 97.3 Å². The predicted octanol–water partition coefficient (Wildman–Crippen LogP) is 2.91. The summed E-state index contributed by atoms with van der Waals surface area (Å²) in [5.74, 6) is -0.487. The van der Waals surface area contributed by atoms with Crippen molar-refractivity contribution >= 4 is 11.6 Å². The molecule has 7 heteroatoms. The zero-order chi connectivity index (χ0) is 18.4. The molecule has 0 spiro atoms. The third-order valence-corrected chi connectivity index (χ3v) is 4.36. The van der Waals surface area contributed by atoms with Crippen LogP contribution in [0.25, 0.3) is 0 Å². The molecule has 25 heavy (non-hydrogen) atoms. The van der Waals surface area contributed by atoms with E-state index in [1.54, 1.807) is 26.3 Å². The van der Waals surface area contributed by atoms with Gasteiger partial charge in [0.2, 0.25) is 5.91 Å². The normalized spacial score (nSPS) is 13.2. The summed E-state index contributed by atoms with van der Waals surface area (Å²) in [5.41, 5.74) is 2.44. The molecule has 0 saturated carbocycles. The number of nitrogens with zero attached hydrogens (tertiary/aromatic N) is 1. The van der Waals surface area contributed by atoms with Crippen LogP contribution in [0, 0.1) is 23.0 Å². The molecule has 2 N–H and O–H groups in total. The number of ether oxygens (including phenoxy) is 1. The molecule has 0 aliphatic rings. The van der Waals surface area contributed by atoms with E-state index in [0.29, 0.717) is 18.5 Å². The Bertz CT molecular complexity index is 728. The lowest BCUT2D eigenvalue weighted by molar-refractivity contribution is -0.385. The molecular weight excluding hydrogens is 322 g/mol. The lowest BCUT2D eigenvalue weighted by Crippen LogP contribution is -2.34. The number of aromatic amines is 1. The van der Waals surface area contributed by atoms with E-state index in [0.717, 1.165) is 11.3 Å². The molecule has 1 aromatic carbocycles. The molecule has 0 aliphatic heterocycles. The molecule has 0 bridgehead atoms. The molecule has 7 nitrogen and oxygen atoms in total. The molecule has 1 aromatic heterocycles. The first kappa shape index (κ1) is 18.7. The van der Waals surface area contributed by atoms with Crippen LogP contribution in [-0.2, 0) is 16.0 Å². The zero-order valence-corrected chi connectivity index (χ0v) is 14.6. The summed E-state index contributed by atoms with van der Waals surface area (Å²) in [7, 11) is 1.57. The van der Waals surface area contributed by atoms with Gasteiger partial charge >= 0.3 is 0 Å². The highest BCUT2D eigenvalue weighted by Gasteiger charge is 2.26. The number of amides is 1. The number of benzene rings is 1. The number of nitro groups is 1. The maximum atomic E-state index is 12.4. The van der Waals surface area contributed by atoms with Gasteiger partial charge in [0, 0.05) is 37.2 Å². The largest absolute Gasteiger partial charge is 0.374 e. The van der Waals surface area contributed by atoms with Crippen LogP contribution in [0.2, 0.25) is 0 Å². The molecule has 0 fully saturated rings. The molecule has 0 saturated heterocycles. The standard InChI is InChI=1S/C18H23N3O4/c1-12-14(6-4-8-16(12)21(23)24)9-11-20-18(22)13(2)17(25-3)15-7-5-10-19-15/h4-8,10,13,17,19H,9,11H2,1-3H3,(H,20,22)/t13-,17-/m1/s1. The zero-order valence-electron chi connectivity index (χ0n) is 14.6. The third-order valence-electron chi connectivity index (χ3n) is 4.36. The quantitative estimate of drug-likeness (QED) is 0.568. The van der Waals surface area contributed by atoms with Crippen LogP contribution in [0.5, 0.6) is 0 Å². The second kappa shape index (κ2) is 8.43. The Labute approximate surface area is 146 Å². The summed E-state index contributed by atoms with van der Waals surface area (Å²) in [6.07, 6.45) is 1.97. The van der Waals surface area contributed by atoms with E-state index in [9.17, 15) is 14.9 Å². The van der Waals surface area contributed by atoms with Gasteiger partial charge in [0.25, 0.3) is 5.69 Å². The van der Waals surface area contributed by atoms with Crippen molar-refractivity contribution in [3.05, 3.63) is 63.5 Å². The SMILES string of the molecule is CO[C@@H](c1ccc[nH]1)[C@@H](C)C(=O)NCCc1cccc([N+](=O)[O-])c1C. The minimum Gasteiger partial charge on any atom is -0.374 e. The van der Waals surface area contributed by atoms with Crippen molar-refractivity contribution < 1.29 is 14.5 Å². The summed E-state index contributed by atoms with van der Waals surface area (Å²) in [4.78, 5) is 26.0. The van der Waals surface area contributed by atoms with E-state index in [2.05, 4.69) is 10.3 Å². The number of aromatic nitrogens is 1. The van der Waals surface area contributed by atoms with Gasteiger partial charge in [0.05, 0.1) is 10.8 Å². The minimum absolute atomic E-state index is 0.100. The van der Waals surface area contributed by atoms with Crippen molar-refractivity contribution in [3.63, 3.8) is 0 Å². The van der Waals surface area contributed by atoms with E-state index in [-0.39, 0.29) is 28.5 Å². The first-order chi connectivity index (χ1) is 12.0. The van der Waals surface area contributed by atoms with E-state index in [1.165, 1.54) is 6.07 Å². The maximum absolute atomic E-state index is 12.4. The fourth-order valence-corrected chi connectivity index (χ4v) is 2.88. The lowest BCUT2D eigenvalue weighted by atomic mass is 10.0. The van der Waals surface area contributed by atoms with Gasteiger partial charge in [-0.15, -0.1) is 0 Å². The average molecular weight is 345 g/mol. The fourth-order valence-electron chi connectivity index (χ4n) is 2.88. The lowest BCUT2D eigenvalue weighted by Gasteiger charge is -2.21. The average Bonchev–Trinajstić information content (AvgIpc) is 3.10. The Balaban J connectivity index is 1.94. The van der Waals surface area contributed by atoms with E-state index < -0.39 is 0 Å². The fraction of sp³-hybridized carbons (Fsp3) is 0.389. The first-order valence-electron chi connectivity index (χ1n) is 8.12. The molecule has 1 heterocycles. The number of hydrogen-bond donors (Lipinski definition) is 2. The van der Waals surface area contributed by atoms with Crippen molar-refractivity contribution in [2.24, 2.45) is 5.92 Å². The van der Waals surface area contributed by atoms with Gasteiger partial charge in [0.15, 0.2) is 0 Å². The molecule has 0 unspecified atom stereocenters. The highest BCUT2D eigenvalue weighted by atomic mass is 16.6. The monoisotopic (exact) mass is 345 g/mol. The number of nitro benzene ring substituents is 1. The van der Waals surface area contributed by atoms with Crippen LogP contribution in [0.15, 0.2) is 36.5 Å². The van der Waals surface area contributed by atoms with Crippen molar-refractivity contribution in [1.29, 1.82) is 0 Å². The van der Waals surface area contributed by atoms with Crippen molar-refractivity contribution in [2.75, 3.05) is 13.7 Å². The number of hydrogen-bond acceptors (Lipinski definition) is 4. The van der Waals surface area contributed by atoms with Gasteiger partial charge in [-0.3, -0.25) is 14.9 Å². The van der Waals surface area contributed by atoms with E-state index >= 15 is 0 Å². The molecule has 2 rings (SSSR count). The number of H-pyrrole nitrogens is 1. The Kier molecular flexibility index (Phi) is 6.30. The maximum Gasteiger partial charge on any atom is 0.272 e. The first-order valence-corrected chi connectivity index (χ1v) is 8.12. The van der Waals surface area contributed by atoms with Crippen molar-refractivity contribution in [3.8, 4) is 0 Å². The highest BCUT2D eigenvalue weighted by molar-refractivity contribution is 5.79. The van der Waals surface area contributed by atoms with Gasteiger partial charge in [-0.25, -0.2) is 0 Å². The number of rotatable bonds is 8. The Hall–Kier alpha value is -2.67. The Morgan fingerprint density at radius 2 is 2.12 bits per heavy atom. The van der Waals surface area contributed by atoms with Crippen LogP contribution < -0.4 is 5.32 Å². The minimum atomic E-state index is -0.390. The van der Waals surface area contributed by atoms with E-state index in [1.807, 2.05) is 25.1 Å². The van der Waals surface area contributed by atoms with Crippen LogP contribution in [0.3, 0.4) is 0 Å². The predicted molar refractivity (Wildman–Crippen MR) is 94.3 cm³/mol. The summed E-state index contributed by atoms with van der Waals surface area (Å²) in [6, 6.07) is 8.73. The Morgan fingerprint density at radius 1 is 1.36 bits per heavy atom. The van der Waals surface area contributed by atoms with Crippen LogP contribution >= 0.6 is 0 Å². The summed E-state index contributed by atoms with van der Waals surface area (Å²) in [5, 5.41) is 13.9. The number of carbonyl (C=O) groups excluding carboxylic acids is 1. The molecule has 0 aliphatic carbocycles. The van der Waals surface area contributed by atoms with Crippen molar-refractivity contribution in [2.45, 2.75) is 26.4 Å². The smallest absolute Gasteiger partial charge is 0.272 e. The molecule has 2 atom stereocenters. The summed E-state index contributed by atoms with van der Waals surface area (Å²) >= 11 is 0. The summed E-state index contributed by atoms with van der Waals surface area (Å²) < 4.78 is 5.44. The van der Waals surface area contributed by atoms with Crippen molar-refractivity contribution in [1.82, 2.24) is 10.3 Å². The van der Waals surface area contributed by atoms with E-state index in [4.69, 9.17) is 4.74 Å². The molecular formula is C18H23N3O4. The Morgan fingerprint density at radius 3 is 2.72 bits per heavy atom. The number of carbonyl (C=O) groups is 1. The third kappa shape index (κ3) is 4.45. The van der Waals surface area contributed by atoms with Gasteiger partial charge in [-0.1, -0.05) is 19.1 Å². The second-order valence-corrected chi connectivity index (χ2v) is 5.93. The van der Waals surface area contributed by atoms with Gasteiger partial charge in [-0.2, -0.15) is 0 Å². The van der Waals surface area contributed by atoms with Gasteiger partial charge in [0.1, 0.15) is 6.10 Å². The van der Waals surface area contributed by atoms with Gasteiger partial charge < -0.3 is 15.0 Å². The van der Waals surface area contributed by atoms with Crippen LogP contribution in [-0.4, -0.2) is 29.5 Å². The highest BCUT2D eigenvalue weighted by Crippen LogP contribution is 2.24. The summed E-state index contributed by atoms with van der Waals surface area (Å²) in [6.45, 7) is 3.94. The molecule has 134 valence electrons. The molecule has 0 radical (unpaired) electrons. The van der Waals surface area contributed by atoms with Gasteiger partial charge in [-0.05, 0) is 31.0 Å². The number of nitrogens with one attached hydrogen (secondary N) is 2. The second-order valence-electron chi connectivity index (χ2n) is 5.93. The number of methoxy groups -OCH3 is 1. The van der Waals surface area contributed by atoms with Crippen LogP contribution in [0.4, 0.5) is 5.69 Å². The molecule has 2 aromatic rings.